The molecule has 0 fully saturated rings. The van der Waals surface area contributed by atoms with Gasteiger partial charge in [-0.05, 0) is 0 Å². The van der Waals surface area contributed by atoms with Crippen LogP contribution in [0.3, 0.4) is 0 Å². The molecule has 0 aliphatic rings. The van der Waals surface area contributed by atoms with Crippen molar-refractivity contribution in [2.45, 2.75) is 41.0 Å². The van der Waals surface area contributed by atoms with E-state index in [1.165, 1.54) is 0 Å². The SMILES string of the molecule is O=S(=O)([O-])C(F)(F)C(F)(F)C(F)(F)C(F)(F)C(F)(F)C(F)(F)C(F)(F)F.[Li+]. The van der Waals surface area contributed by atoms with Crippen molar-refractivity contribution in [3.8, 4) is 0 Å². The molecule has 0 saturated heterocycles. The van der Waals surface area contributed by atoms with Crippen LogP contribution in [0.2, 0.25) is 0 Å². The van der Waals surface area contributed by atoms with E-state index in [0.717, 1.165) is 0 Å². The normalized spacial score (nSPS) is 16.1. The van der Waals surface area contributed by atoms with Crippen molar-refractivity contribution in [3.63, 3.8) is 0 Å². The molecule has 0 radical (unpaired) electrons. The van der Waals surface area contributed by atoms with E-state index < -0.39 is 51.2 Å². The van der Waals surface area contributed by atoms with Gasteiger partial charge in [-0.1, -0.05) is 0 Å². The standard InChI is InChI=1S/C7HF15O3S.Li/c8-1(9,2(10,11)4(14,15)6(18,19)20)3(12,13)5(16,17)7(21,22)26(23,24)25;/h(H,23,24,25);/q;+1/p-1. The van der Waals surface area contributed by atoms with Gasteiger partial charge in [-0.15, -0.1) is 0 Å². The van der Waals surface area contributed by atoms with Gasteiger partial charge in [-0.25, -0.2) is 8.42 Å². The molecule has 0 aliphatic heterocycles. The van der Waals surface area contributed by atoms with Crippen molar-refractivity contribution in [3.05, 3.63) is 0 Å². The summed E-state index contributed by atoms with van der Waals surface area (Å²) in [7, 11) is -8.01. The third-order valence-electron chi connectivity index (χ3n) is 2.61. The minimum atomic E-state index is -8.63. The van der Waals surface area contributed by atoms with E-state index in [9.17, 15) is 78.8 Å². The fourth-order valence-corrected chi connectivity index (χ4v) is 1.55. The van der Waals surface area contributed by atoms with Crippen LogP contribution in [0.25, 0.3) is 0 Å². The van der Waals surface area contributed by atoms with Crippen molar-refractivity contribution >= 4 is 10.1 Å². The van der Waals surface area contributed by atoms with Gasteiger partial charge in [0.25, 0.3) is 0 Å². The van der Waals surface area contributed by atoms with Gasteiger partial charge >= 0.3 is 59.9 Å². The van der Waals surface area contributed by atoms with Gasteiger partial charge in [0.2, 0.25) is 0 Å². The average molecular weight is 456 g/mol. The van der Waals surface area contributed by atoms with Gasteiger partial charge in [0.1, 0.15) is 0 Å². The van der Waals surface area contributed by atoms with Crippen LogP contribution in [-0.4, -0.2) is 54.0 Å². The van der Waals surface area contributed by atoms with E-state index >= 15 is 0 Å². The predicted molar refractivity (Wildman–Crippen MR) is 45.4 cm³/mol. The number of hydrogen-bond acceptors (Lipinski definition) is 3. The van der Waals surface area contributed by atoms with Crippen LogP contribution in [0.1, 0.15) is 0 Å². The van der Waals surface area contributed by atoms with Gasteiger partial charge in [-0.2, -0.15) is 65.9 Å². The molecule has 27 heavy (non-hydrogen) atoms. The van der Waals surface area contributed by atoms with Gasteiger partial charge in [0.05, 0.1) is 0 Å². The van der Waals surface area contributed by atoms with Crippen LogP contribution in [0, 0.1) is 0 Å². The molecule has 0 N–H and O–H groups in total. The first kappa shape index (κ1) is 28.7. The quantitative estimate of drug-likeness (QED) is 0.339. The van der Waals surface area contributed by atoms with E-state index in [2.05, 4.69) is 0 Å². The summed E-state index contributed by atoms with van der Waals surface area (Å²) >= 11 is 0. The molecule has 0 aromatic heterocycles. The maximum absolute atomic E-state index is 12.9. The Morgan fingerprint density at radius 2 is 0.704 bits per heavy atom. The number of rotatable bonds is 6. The Morgan fingerprint density at radius 1 is 0.481 bits per heavy atom. The van der Waals surface area contributed by atoms with E-state index in [4.69, 9.17) is 0 Å². The van der Waals surface area contributed by atoms with Gasteiger partial charge in [0.15, 0.2) is 10.1 Å². The minimum absolute atomic E-state index is 0. The Balaban J connectivity index is 0. The second kappa shape index (κ2) is 6.76. The molecular weight excluding hydrogens is 456 g/mol. The molecule has 0 unspecified atom stereocenters. The maximum atomic E-state index is 12.9. The van der Waals surface area contributed by atoms with E-state index in [0.29, 0.717) is 0 Å². The summed E-state index contributed by atoms with van der Waals surface area (Å²) in [5.74, 6) is -42.2. The summed E-state index contributed by atoms with van der Waals surface area (Å²) in [6.07, 6.45) is -7.77. The molecule has 0 aromatic carbocycles. The maximum Gasteiger partial charge on any atom is 1.00 e. The van der Waals surface area contributed by atoms with Crippen LogP contribution >= 0.6 is 0 Å². The van der Waals surface area contributed by atoms with Crippen LogP contribution in [-0.2, 0) is 10.1 Å². The van der Waals surface area contributed by atoms with Crippen LogP contribution in [0.5, 0.6) is 0 Å². The number of alkyl halides is 15. The van der Waals surface area contributed by atoms with Gasteiger partial charge < -0.3 is 4.55 Å². The van der Waals surface area contributed by atoms with Gasteiger partial charge in [-0.3, -0.25) is 0 Å². The first-order chi connectivity index (χ1) is 10.8. The molecule has 20 heteroatoms. The Hall–Kier alpha value is -0.543. The van der Waals surface area contributed by atoms with Crippen LogP contribution in [0.15, 0.2) is 0 Å². The second-order valence-electron chi connectivity index (χ2n) is 4.34. The van der Waals surface area contributed by atoms with Gasteiger partial charge in [0, 0.05) is 0 Å². The van der Waals surface area contributed by atoms with Crippen molar-refractivity contribution in [1.29, 1.82) is 0 Å². The molecule has 0 bridgehead atoms. The largest absolute Gasteiger partial charge is 1.00 e. The first-order valence-electron chi connectivity index (χ1n) is 5.04. The molecule has 0 aliphatic carbocycles. The van der Waals surface area contributed by atoms with Crippen molar-refractivity contribution < 1.29 is 97.7 Å². The molecule has 0 rings (SSSR count). The van der Waals surface area contributed by atoms with Crippen molar-refractivity contribution in [2.24, 2.45) is 0 Å². The zero-order chi connectivity index (χ0) is 22.0. The third kappa shape index (κ3) is 3.59. The molecular formula is C7F15LiO3S. The van der Waals surface area contributed by atoms with Crippen LogP contribution in [0.4, 0.5) is 65.9 Å². The smallest absolute Gasteiger partial charge is 0.743 e. The molecule has 158 valence electrons. The zero-order valence-electron chi connectivity index (χ0n) is 11.8. The summed E-state index contributed by atoms with van der Waals surface area (Å²) in [5, 5.41) is -7.81. The third-order valence-corrected chi connectivity index (χ3v) is 3.50. The molecule has 0 atom stereocenters. The second-order valence-corrected chi connectivity index (χ2v) is 5.76. The zero-order valence-corrected chi connectivity index (χ0v) is 12.6. The summed E-state index contributed by atoms with van der Waals surface area (Å²) in [4.78, 5) is 0. The van der Waals surface area contributed by atoms with E-state index in [1.54, 1.807) is 0 Å². The Labute approximate surface area is 149 Å². The van der Waals surface area contributed by atoms with Crippen molar-refractivity contribution in [1.82, 2.24) is 0 Å². The summed E-state index contributed by atoms with van der Waals surface area (Å²) in [6, 6.07) is 0. The van der Waals surface area contributed by atoms with E-state index in [-0.39, 0.29) is 18.9 Å². The predicted octanol–water partition coefficient (Wildman–Crippen LogP) is 0.867. The number of halogens is 15. The molecule has 0 spiro atoms. The first-order valence-corrected chi connectivity index (χ1v) is 6.45. The molecule has 0 saturated carbocycles. The fraction of sp³-hybridized carbons (Fsp3) is 1.00. The molecule has 0 amide bonds. The van der Waals surface area contributed by atoms with Crippen LogP contribution < -0.4 is 18.9 Å². The fourth-order valence-electron chi connectivity index (χ4n) is 1.11. The summed E-state index contributed by atoms with van der Waals surface area (Å²) in [6.45, 7) is 0. The Bertz CT molecular complexity index is 651. The summed E-state index contributed by atoms with van der Waals surface area (Å²) in [5.41, 5.74) is 0. The Morgan fingerprint density at radius 3 is 0.926 bits per heavy atom. The minimum Gasteiger partial charge on any atom is -0.743 e. The molecule has 0 heterocycles. The van der Waals surface area contributed by atoms with E-state index in [1.807, 2.05) is 0 Å². The Kier molecular flexibility index (Phi) is 7.18. The summed E-state index contributed by atoms with van der Waals surface area (Å²) < 4.78 is 216. The monoisotopic (exact) mass is 456 g/mol. The average Bonchev–Trinajstić information content (AvgIpc) is 2.34. The molecule has 3 nitrogen and oxygen atoms in total. The topological polar surface area (TPSA) is 57.2 Å². The molecule has 0 aromatic rings. The van der Waals surface area contributed by atoms with Crippen molar-refractivity contribution in [2.75, 3.05) is 0 Å². The number of hydrogen-bond donors (Lipinski definition) is 0.